The van der Waals surface area contributed by atoms with Crippen LogP contribution in [-0.4, -0.2) is 37.3 Å². The zero-order valence-electron chi connectivity index (χ0n) is 23.5. The van der Waals surface area contributed by atoms with Crippen molar-refractivity contribution in [1.82, 2.24) is 4.57 Å². The quantitative estimate of drug-likeness (QED) is 0.159. The number of halogens is 1. The molecule has 0 bridgehead atoms. The van der Waals surface area contributed by atoms with Crippen molar-refractivity contribution in [2.24, 2.45) is 4.99 Å². The Labute approximate surface area is 258 Å². The summed E-state index contributed by atoms with van der Waals surface area (Å²) in [5, 5.41) is 1.77. The Morgan fingerprint density at radius 1 is 1.10 bits per heavy atom. The molecule has 4 aromatic rings. The van der Waals surface area contributed by atoms with Crippen LogP contribution in [0.15, 0.2) is 69.6 Å². The number of thiazole rings is 1. The minimum atomic E-state index is -0.843. The van der Waals surface area contributed by atoms with Crippen LogP contribution in [0.4, 0.5) is 0 Å². The van der Waals surface area contributed by atoms with Crippen LogP contribution in [0.5, 0.6) is 17.2 Å². The van der Waals surface area contributed by atoms with Crippen molar-refractivity contribution in [1.29, 1.82) is 0 Å². The van der Waals surface area contributed by atoms with Crippen molar-refractivity contribution in [3.8, 4) is 17.2 Å². The maximum Gasteiger partial charge on any atom is 0.338 e. The van der Waals surface area contributed by atoms with E-state index in [-0.39, 0.29) is 17.7 Å². The first-order chi connectivity index (χ1) is 20.2. The largest absolute Gasteiger partial charge is 0.496 e. The maximum atomic E-state index is 14.2. The molecule has 0 saturated carbocycles. The lowest BCUT2D eigenvalue weighted by atomic mass is 9.90. The highest BCUT2D eigenvalue weighted by molar-refractivity contribution is 14.1. The van der Waals surface area contributed by atoms with Gasteiger partial charge in [0.25, 0.3) is 5.56 Å². The number of ether oxygens (including phenoxy) is 4. The van der Waals surface area contributed by atoms with Crippen molar-refractivity contribution < 1.29 is 28.5 Å². The summed E-state index contributed by atoms with van der Waals surface area (Å²) in [4.78, 5) is 44.3. The van der Waals surface area contributed by atoms with E-state index in [4.69, 9.17) is 18.9 Å². The van der Waals surface area contributed by atoms with Crippen LogP contribution in [-0.2, 0) is 14.3 Å². The Kier molecular flexibility index (Phi) is 8.50. The van der Waals surface area contributed by atoms with Crippen molar-refractivity contribution in [3.05, 3.63) is 94.2 Å². The third-order valence-electron chi connectivity index (χ3n) is 6.74. The second kappa shape index (κ2) is 12.1. The molecule has 1 atom stereocenters. The molecule has 1 aromatic heterocycles. The topological polar surface area (TPSA) is 105 Å². The standard InChI is InChI=1S/C31H27IN2O7S/c1-6-40-30(37)25-16(2)33-31-34(27(25)26-20-10-8-7-9-19(20)11-12-22(26)38-4)29(36)24(42-31)15-18-13-21(32)28(41-17(3)35)23(14-18)39-5/h7-15,27H,6H2,1-5H3/b24-15-/t27-/m1/s1. The molecule has 0 amide bonds. The molecule has 0 unspecified atom stereocenters. The molecule has 1 aliphatic heterocycles. The summed E-state index contributed by atoms with van der Waals surface area (Å²) in [6, 6.07) is 14.2. The summed E-state index contributed by atoms with van der Waals surface area (Å²) in [5.74, 6) is 0.180. The van der Waals surface area contributed by atoms with Gasteiger partial charge in [-0.2, -0.15) is 0 Å². The fourth-order valence-electron chi connectivity index (χ4n) is 5.02. The molecule has 0 radical (unpaired) electrons. The molecule has 1 aliphatic rings. The predicted molar refractivity (Wildman–Crippen MR) is 168 cm³/mol. The highest BCUT2D eigenvalue weighted by atomic mass is 127. The molecule has 2 heterocycles. The van der Waals surface area contributed by atoms with Gasteiger partial charge in [-0.15, -0.1) is 0 Å². The van der Waals surface area contributed by atoms with Crippen molar-refractivity contribution in [3.63, 3.8) is 0 Å². The molecule has 3 aromatic carbocycles. The zero-order valence-corrected chi connectivity index (χ0v) is 26.5. The molecule has 216 valence electrons. The lowest BCUT2D eigenvalue weighted by molar-refractivity contribution is -0.139. The maximum absolute atomic E-state index is 14.2. The molecule has 0 saturated heterocycles. The number of rotatable bonds is 7. The summed E-state index contributed by atoms with van der Waals surface area (Å²) in [7, 11) is 3.04. The lowest BCUT2D eigenvalue weighted by Crippen LogP contribution is -2.40. The highest BCUT2D eigenvalue weighted by Gasteiger charge is 2.36. The first kappa shape index (κ1) is 29.5. The number of methoxy groups -OCH3 is 2. The number of hydrogen-bond donors (Lipinski definition) is 0. The van der Waals surface area contributed by atoms with Gasteiger partial charge in [0, 0.05) is 12.5 Å². The third kappa shape index (κ3) is 5.34. The van der Waals surface area contributed by atoms with Crippen molar-refractivity contribution >= 4 is 62.7 Å². The summed E-state index contributed by atoms with van der Waals surface area (Å²) >= 11 is 3.27. The van der Waals surface area contributed by atoms with E-state index < -0.39 is 18.0 Å². The second-order valence-electron chi connectivity index (χ2n) is 9.33. The molecule has 11 heteroatoms. The van der Waals surface area contributed by atoms with Gasteiger partial charge in [-0.3, -0.25) is 14.2 Å². The number of esters is 2. The van der Waals surface area contributed by atoms with Crippen LogP contribution in [0.3, 0.4) is 0 Å². The van der Waals surface area contributed by atoms with Crippen LogP contribution in [0.2, 0.25) is 0 Å². The number of aromatic nitrogens is 1. The molecule has 42 heavy (non-hydrogen) atoms. The average Bonchev–Trinajstić information content (AvgIpc) is 3.26. The minimum absolute atomic E-state index is 0.170. The molecular formula is C31H27IN2O7S. The Morgan fingerprint density at radius 2 is 1.83 bits per heavy atom. The predicted octanol–water partition coefficient (Wildman–Crippen LogP) is 4.50. The van der Waals surface area contributed by atoms with Crippen molar-refractivity contribution in [2.45, 2.75) is 26.8 Å². The fourth-order valence-corrected chi connectivity index (χ4v) is 6.80. The number of hydrogen-bond acceptors (Lipinski definition) is 9. The first-order valence-electron chi connectivity index (χ1n) is 13.0. The number of carbonyl (C=O) groups is 2. The van der Waals surface area contributed by atoms with Gasteiger partial charge < -0.3 is 18.9 Å². The second-order valence-corrected chi connectivity index (χ2v) is 11.5. The van der Waals surface area contributed by atoms with Gasteiger partial charge in [-0.05, 0) is 77.0 Å². The van der Waals surface area contributed by atoms with Crippen LogP contribution < -0.4 is 29.1 Å². The summed E-state index contributed by atoms with van der Waals surface area (Å²) < 4.78 is 24.6. The monoisotopic (exact) mass is 698 g/mol. The lowest BCUT2D eigenvalue weighted by Gasteiger charge is -2.27. The Balaban J connectivity index is 1.79. The van der Waals surface area contributed by atoms with Gasteiger partial charge in [0.05, 0.1) is 40.2 Å². The van der Waals surface area contributed by atoms with E-state index in [9.17, 15) is 14.4 Å². The van der Waals surface area contributed by atoms with E-state index in [1.54, 1.807) is 39.2 Å². The Hall–Kier alpha value is -3.97. The number of nitrogens with zero attached hydrogens (tertiary/aromatic N) is 2. The molecule has 9 nitrogen and oxygen atoms in total. The molecule has 5 rings (SSSR count). The van der Waals surface area contributed by atoms with Gasteiger partial charge in [0.2, 0.25) is 0 Å². The third-order valence-corrected chi connectivity index (χ3v) is 8.52. The SMILES string of the molecule is CCOC(=O)C1=C(C)N=c2s/c(=C\c3cc(I)c(OC(C)=O)c(OC)c3)c(=O)n2[C@H]1c1c(OC)ccc2ccccc12. The number of carbonyl (C=O) groups excluding carboxylic acids is 2. The number of allylic oxidation sites excluding steroid dienone is 1. The summed E-state index contributed by atoms with van der Waals surface area (Å²) in [6.07, 6.45) is 1.73. The van der Waals surface area contributed by atoms with Gasteiger partial charge >= 0.3 is 11.9 Å². The normalized spacial score (nSPS) is 14.8. The van der Waals surface area contributed by atoms with E-state index in [0.29, 0.717) is 47.0 Å². The average molecular weight is 699 g/mol. The number of fused-ring (bicyclic) bond motifs is 2. The van der Waals surface area contributed by atoms with Crippen molar-refractivity contribution in [2.75, 3.05) is 20.8 Å². The Morgan fingerprint density at radius 3 is 2.52 bits per heavy atom. The van der Waals surface area contributed by atoms with Crippen LogP contribution in [0.1, 0.15) is 37.9 Å². The van der Waals surface area contributed by atoms with Gasteiger partial charge in [-0.25, -0.2) is 9.79 Å². The first-order valence-corrected chi connectivity index (χ1v) is 14.9. The fraction of sp³-hybridized carbons (Fsp3) is 0.226. The van der Waals surface area contributed by atoms with E-state index in [2.05, 4.69) is 27.6 Å². The highest BCUT2D eigenvalue weighted by Crippen LogP contribution is 2.40. The van der Waals surface area contributed by atoms with E-state index in [0.717, 1.165) is 10.8 Å². The molecule has 0 aliphatic carbocycles. The minimum Gasteiger partial charge on any atom is -0.496 e. The van der Waals surface area contributed by atoms with Gasteiger partial charge in [0.15, 0.2) is 16.3 Å². The molecular weight excluding hydrogens is 671 g/mol. The number of benzene rings is 3. The van der Waals surface area contributed by atoms with Gasteiger partial charge in [-0.1, -0.05) is 41.7 Å². The smallest absolute Gasteiger partial charge is 0.338 e. The summed E-state index contributed by atoms with van der Waals surface area (Å²) in [5.41, 5.74) is 1.74. The van der Waals surface area contributed by atoms with Gasteiger partial charge in [0.1, 0.15) is 11.8 Å². The van der Waals surface area contributed by atoms with E-state index in [1.165, 1.54) is 29.9 Å². The van der Waals surface area contributed by atoms with E-state index in [1.807, 2.05) is 36.4 Å². The molecule has 0 spiro atoms. The molecule has 0 N–H and O–H groups in total. The van der Waals surface area contributed by atoms with Crippen LogP contribution in [0, 0.1) is 3.57 Å². The van der Waals surface area contributed by atoms with Crippen LogP contribution >= 0.6 is 33.9 Å². The van der Waals surface area contributed by atoms with Crippen LogP contribution in [0.25, 0.3) is 16.8 Å². The molecule has 0 fully saturated rings. The summed E-state index contributed by atoms with van der Waals surface area (Å²) in [6.45, 7) is 4.97. The Bertz CT molecular complexity index is 1960. The zero-order chi connectivity index (χ0) is 30.1. The van der Waals surface area contributed by atoms with E-state index >= 15 is 0 Å².